The van der Waals surface area contributed by atoms with Crippen molar-refractivity contribution in [2.45, 2.75) is 46.6 Å². The number of carbonyl (C=O) groups is 1. The first kappa shape index (κ1) is 22.4. The Kier molecular flexibility index (Phi) is 6.67. The third-order valence-electron chi connectivity index (χ3n) is 5.77. The average Bonchev–Trinajstić information content (AvgIpc) is 2.81. The molecule has 1 aliphatic heterocycles. The van der Waals surface area contributed by atoms with Gasteiger partial charge in [-0.15, -0.1) is 0 Å². The Labute approximate surface area is 192 Å². The number of nitrogens with one attached hydrogen (secondary N) is 2. The number of hydrogen-bond acceptors (Lipinski definition) is 7. The minimum absolute atomic E-state index is 0.0939. The van der Waals surface area contributed by atoms with Crippen LogP contribution in [0.5, 0.6) is 0 Å². The number of nitrogens with zero attached hydrogens (tertiary/aromatic N) is 5. The summed E-state index contributed by atoms with van der Waals surface area (Å²) in [5.41, 5.74) is 3.36. The largest absolute Gasteiger partial charge is 0.356 e. The van der Waals surface area contributed by atoms with Crippen LogP contribution in [-0.2, 0) is 11.3 Å². The first-order valence-electron chi connectivity index (χ1n) is 11.2. The molecule has 0 spiro atoms. The second-order valence-electron chi connectivity index (χ2n) is 8.38. The van der Waals surface area contributed by atoms with Crippen molar-refractivity contribution in [3.63, 3.8) is 0 Å². The van der Waals surface area contributed by atoms with Crippen molar-refractivity contribution in [3.8, 4) is 0 Å². The van der Waals surface area contributed by atoms with E-state index in [-0.39, 0.29) is 18.0 Å². The Morgan fingerprint density at radius 3 is 2.42 bits per heavy atom. The maximum absolute atomic E-state index is 12.4. The minimum Gasteiger partial charge on any atom is -0.356 e. The fourth-order valence-electron chi connectivity index (χ4n) is 3.80. The molecular formula is C24H29N7O2. The molecule has 172 valence electrons. The fraction of sp³-hybridized carbons (Fsp3) is 0.375. The lowest BCUT2D eigenvalue weighted by Crippen LogP contribution is -2.30. The monoisotopic (exact) mass is 447 g/mol. The molecule has 0 saturated carbocycles. The summed E-state index contributed by atoms with van der Waals surface area (Å²) in [5, 5.41) is 6.06. The van der Waals surface area contributed by atoms with Crippen molar-refractivity contribution >= 4 is 29.0 Å². The summed E-state index contributed by atoms with van der Waals surface area (Å²) in [6.45, 7) is 7.40. The van der Waals surface area contributed by atoms with Gasteiger partial charge < -0.3 is 15.5 Å². The normalized spacial score (nSPS) is 13.6. The maximum atomic E-state index is 12.4. The third kappa shape index (κ3) is 5.54. The number of rotatable bonds is 6. The minimum atomic E-state index is -0.295. The standard InChI is InChI=1S/C24H29N7O2/c1-16-13-21(30-11-5-4-6-12-30)29-24(26-16)28-20-9-7-19(8-10-20)27-22(32)14-31-15-25-18(3)17(2)23(31)33/h7-10,13,15H,4-6,11-12,14H2,1-3H3,(H,27,32)(H,26,28,29). The van der Waals surface area contributed by atoms with E-state index >= 15 is 0 Å². The van der Waals surface area contributed by atoms with E-state index in [0.717, 1.165) is 30.3 Å². The molecule has 1 aromatic carbocycles. The molecule has 1 saturated heterocycles. The number of amides is 1. The van der Waals surface area contributed by atoms with Gasteiger partial charge in [-0.1, -0.05) is 0 Å². The van der Waals surface area contributed by atoms with Crippen LogP contribution in [0.2, 0.25) is 0 Å². The molecule has 3 aromatic rings. The first-order valence-corrected chi connectivity index (χ1v) is 11.2. The molecule has 0 unspecified atom stereocenters. The predicted octanol–water partition coefficient (Wildman–Crippen LogP) is 3.33. The molecule has 1 aliphatic rings. The smallest absolute Gasteiger partial charge is 0.256 e. The molecule has 2 aromatic heterocycles. The van der Waals surface area contributed by atoms with E-state index in [4.69, 9.17) is 0 Å². The molecule has 0 bridgehead atoms. The van der Waals surface area contributed by atoms with Crippen molar-refractivity contribution < 1.29 is 4.79 Å². The summed E-state index contributed by atoms with van der Waals surface area (Å²) in [6.07, 6.45) is 5.05. The Balaban J connectivity index is 1.39. The molecule has 4 rings (SSSR count). The second kappa shape index (κ2) is 9.81. The van der Waals surface area contributed by atoms with Crippen molar-refractivity contribution in [2.24, 2.45) is 0 Å². The highest BCUT2D eigenvalue weighted by atomic mass is 16.2. The lowest BCUT2D eigenvalue weighted by Gasteiger charge is -2.28. The summed E-state index contributed by atoms with van der Waals surface area (Å²) in [7, 11) is 0. The number of aryl methyl sites for hydroxylation is 2. The van der Waals surface area contributed by atoms with Crippen molar-refractivity contribution in [1.82, 2.24) is 19.5 Å². The highest BCUT2D eigenvalue weighted by Crippen LogP contribution is 2.22. The van der Waals surface area contributed by atoms with Crippen LogP contribution in [-0.4, -0.2) is 38.5 Å². The Bertz CT molecular complexity index is 1200. The Morgan fingerprint density at radius 1 is 1.00 bits per heavy atom. The van der Waals surface area contributed by atoms with Crippen LogP contribution in [0.3, 0.4) is 0 Å². The van der Waals surface area contributed by atoms with Gasteiger partial charge in [0.15, 0.2) is 0 Å². The van der Waals surface area contributed by atoms with Gasteiger partial charge in [-0.05, 0) is 64.3 Å². The third-order valence-corrected chi connectivity index (χ3v) is 5.77. The van der Waals surface area contributed by atoms with Crippen molar-refractivity contribution in [1.29, 1.82) is 0 Å². The molecule has 9 nitrogen and oxygen atoms in total. The molecule has 1 fully saturated rings. The maximum Gasteiger partial charge on any atom is 0.256 e. The second-order valence-corrected chi connectivity index (χ2v) is 8.38. The molecule has 0 atom stereocenters. The number of aromatic nitrogens is 4. The van der Waals surface area contributed by atoms with Gasteiger partial charge in [0.1, 0.15) is 12.4 Å². The molecule has 33 heavy (non-hydrogen) atoms. The van der Waals surface area contributed by atoms with E-state index in [9.17, 15) is 9.59 Å². The summed E-state index contributed by atoms with van der Waals surface area (Å²) < 4.78 is 1.31. The number of anilines is 4. The van der Waals surface area contributed by atoms with Gasteiger partial charge in [0.05, 0.1) is 6.33 Å². The van der Waals surface area contributed by atoms with Gasteiger partial charge in [-0.2, -0.15) is 4.98 Å². The van der Waals surface area contributed by atoms with Gasteiger partial charge in [0, 0.05) is 47.5 Å². The highest BCUT2D eigenvalue weighted by Gasteiger charge is 2.14. The molecule has 0 radical (unpaired) electrons. The van der Waals surface area contributed by atoms with E-state index in [1.54, 1.807) is 26.0 Å². The van der Waals surface area contributed by atoms with Crippen LogP contribution in [0.15, 0.2) is 41.5 Å². The van der Waals surface area contributed by atoms with Crippen LogP contribution in [0.25, 0.3) is 0 Å². The summed E-state index contributed by atoms with van der Waals surface area (Å²) >= 11 is 0. The molecular weight excluding hydrogens is 418 g/mol. The van der Waals surface area contributed by atoms with E-state index < -0.39 is 0 Å². The zero-order valence-corrected chi connectivity index (χ0v) is 19.3. The SMILES string of the molecule is Cc1cc(N2CCCCC2)nc(Nc2ccc(NC(=O)Cn3cnc(C)c(C)c3=O)cc2)n1. The predicted molar refractivity (Wildman–Crippen MR) is 129 cm³/mol. The molecule has 1 amide bonds. The average molecular weight is 448 g/mol. The topological polar surface area (TPSA) is 105 Å². The fourth-order valence-corrected chi connectivity index (χ4v) is 3.80. The van der Waals surface area contributed by atoms with E-state index in [2.05, 4.69) is 30.5 Å². The van der Waals surface area contributed by atoms with Crippen LogP contribution in [0.1, 0.15) is 36.2 Å². The first-order chi connectivity index (χ1) is 15.9. The van der Waals surface area contributed by atoms with E-state index in [0.29, 0.717) is 22.9 Å². The van der Waals surface area contributed by atoms with E-state index in [1.165, 1.54) is 30.2 Å². The number of carbonyl (C=O) groups excluding carboxylic acids is 1. The number of benzene rings is 1. The van der Waals surface area contributed by atoms with Gasteiger partial charge in [0.2, 0.25) is 11.9 Å². The molecule has 2 N–H and O–H groups in total. The zero-order valence-electron chi connectivity index (χ0n) is 19.3. The molecule has 9 heteroatoms. The quantitative estimate of drug-likeness (QED) is 0.597. The van der Waals surface area contributed by atoms with Gasteiger partial charge in [0.25, 0.3) is 5.56 Å². The van der Waals surface area contributed by atoms with E-state index in [1.807, 2.05) is 25.1 Å². The Morgan fingerprint density at radius 2 is 1.70 bits per heavy atom. The molecule has 0 aliphatic carbocycles. The van der Waals surface area contributed by atoms with Crippen LogP contribution < -0.4 is 21.1 Å². The number of piperidine rings is 1. The highest BCUT2D eigenvalue weighted by molar-refractivity contribution is 5.90. The summed E-state index contributed by atoms with van der Waals surface area (Å²) in [5.74, 6) is 1.20. The summed E-state index contributed by atoms with van der Waals surface area (Å²) in [6, 6.07) is 9.31. The number of hydrogen-bond donors (Lipinski definition) is 2. The lowest BCUT2D eigenvalue weighted by molar-refractivity contribution is -0.116. The van der Waals surface area contributed by atoms with Crippen LogP contribution in [0, 0.1) is 20.8 Å². The van der Waals surface area contributed by atoms with Gasteiger partial charge in [-0.3, -0.25) is 14.2 Å². The van der Waals surface area contributed by atoms with Crippen LogP contribution in [0.4, 0.5) is 23.1 Å². The van der Waals surface area contributed by atoms with Crippen molar-refractivity contribution in [3.05, 3.63) is 64.0 Å². The summed E-state index contributed by atoms with van der Waals surface area (Å²) in [4.78, 5) is 40.3. The lowest BCUT2D eigenvalue weighted by atomic mass is 10.1. The van der Waals surface area contributed by atoms with Crippen LogP contribution >= 0.6 is 0 Å². The van der Waals surface area contributed by atoms with Crippen molar-refractivity contribution in [2.75, 3.05) is 28.6 Å². The molecule has 3 heterocycles. The van der Waals surface area contributed by atoms with Gasteiger partial charge >= 0.3 is 0 Å². The Hall–Kier alpha value is -3.75. The van der Waals surface area contributed by atoms with Gasteiger partial charge in [-0.25, -0.2) is 9.97 Å². The zero-order chi connectivity index (χ0) is 23.4.